The molecule has 1 saturated heterocycles. The molecule has 1 fully saturated rings. The monoisotopic (exact) mass is 1200 g/mol. The molecule has 2 rings (SSSR count). The van der Waals surface area contributed by atoms with Crippen LogP contribution in [0.25, 0.3) is 0 Å². The van der Waals surface area contributed by atoms with Crippen molar-refractivity contribution < 1.29 is 63.0 Å². The van der Waals surface area contributed by atoms with Crippen molar-refractivity contribution in [3.05, 3.63) is 35.9 Å². The van der Waals surface area contributed by atoms with Gasteiger partial charge in [-0.2, -0.15) is 0 Å². The minimum atomic E-state index is -1.70. The largest absolute Gasteiger partial charge is 0.396 e. The second-order valence-corrected chi connectivity index (χ2v) is 21.9. The number of unbranched alkanes of at least 4 members (excludes halogenated alkanes) is 1. The molecule has 29 heteroatoms. The number of carbonyl (C=O) groups is 11. The number of hydrogen-bond donors (Lipinski definition) is 18. The zero-order valence-electron chi connectivity index (χ0n) is 50.0. The van der Waals surface area contributed by atoms with Gasteiger partial charge >= 0.3 is 0 Å². The number of rotatable bonds is 30. The normalized spacial score (nSPS) is 22.5. The van der Waals surface area contributed by atoms with Gasteiger partial charge in [0.25, 0.3) is 0 Å². The van der Waals surface area contributed by atoms with Crippen LogP contribution in [0.3, 0.4) is 0 Å². The topological polar surface area (TPSA) is 491 Å². The lowest BCUT2D eigenvalue weighted by Gasteiger charge is -2.29. The van der Waals surface area contributed by atoms with E-state index in [4.69, 9.17) is 28.7 Å². The number of nitrogens with two attached hydrogens (primary N) is 5. The maximum atomic E-state index is 14.5. The molecule has 0 aromatic heterocycles. The summed E-state index contributed by atoms with van der Waals surface area (Å²) in [5.74, 6) is -9.20. The second kappa shape index (κ2) is 40.4. The smallest absolute Gasteiger partial charge is 0.245 e. The van der Waals surface area contributed by atoms with Crippen molar-refractivity contribution in [2.24, 2.45) is 40.5 Å². The first-order chi connectivity index (χ1) is 40.5. The lowest BCUT2D eigenvalue weighted by atomic mass is 10.00. The molecule has 12 atom stereocenters. The van der Waals surface area contributed by atoms with Gasteiger partial charge < -0.3 is 97.4 Å². The molecular formula is C56H98N16O13. The van der Waals surface area contributed by atoms with Gasteiger partial charge in [-0.05, 0) is 115 Å². The molecule has 1 aromatic carbocycles. The average molecular weight is 1200 g/mol. The van der Waals surface area contributed by atoms with E-state index >= 15 is 0 Å². The highest BCUT2D eigenvalue weighted by Gasteiger charge is 2.37. The molecule has 480 valence electrons. The summed E-state index contributed by atoms with van der Waals surface area (Å²) in [6.45, 7) is 7.29. The summed E-state index contributed by atoms with van der Waals surface area (Å²) in [6, 6.07) is -5.87. The van der Waals surface area contributed by atoms with Crippen molar-refractivity contribution >= 4 is 65.0 Å². The van der Waals surface area contributed by atoms with Crippen LogP contribution >= 0.6 is 0 Å². The van der Waals surface area contributed by atoms with Crippen molar-refractivity contribution in [3.8, 4) is 0 Å². The fourth-order valence-corrected chi connectivity index (χ4v) is 9.14. The average Bonchev–Trinajstić information content (AvgIpc) is 3.67. The van der Waals surface area contributed by atoms with Crippen LogP contribution in [0.4, 0.5) is 0 Å². The number of carbonyl (C=O) groups excluding carboxylic acids is 11. The minimum absolute atomic E-state index is 0.0149. The van der Waals surface area contributed by atoms with Gasteiger partial charge in [0.05, 0.1) is 6.10 Å². The molecular weight excluding hydrogens is 1100 g/mol. The Morgan fingerprint density at radius 1 is 0.565 bits per heavy atom. The first kappa shape index (κ1) is 74.2. The molecule has 0 radical (unpaired) electrons. The van der Waals surface area contributed by atoms with Gasteiger partial charge in [0.1, 0.15) is 60.4 Å². The standard InChI is InChI=1S/C56H98N16O13/c1-6-33(4)12-10-11-15-45(75)63-36(16-23-57)53(82)72-46(34(5)74)56(85)69-40(20-27-61)50(79)67-41-21-28-62-47(76)42(22-29-73)68-49(78)37(17-24-58)64-48(77)38(18-25-59)66-54(83)43(30-32(2)3)70-55(84)44(31-35-13-8-7-9-14-35)71-51(80)39(19-26-60)65-52(41)81/h7-9,13-14,32-34,36-44,46,73-74H,6,10-12,15-31,57-61H2,1-5H3,(H,62,76)(H,63,75)(H,64,77)(H,65,81)(H,66,83)(H,67,79)(H,68,78)(H,69,85)(H,70,84)(H,71,80)(H,72,82)/t33-,34+,36-,37-,38-,39-,40-,41-,42-,43-,44+,46-/m0/s1. The van der Waals surface area contributed by atoms with Crippen LogP contribution in [-0.2, 0) is 59.2 Å². The Morgan fingerprint density at radius 2 is 1.05 bits per heavy atom. The van der Waals surface area contributed by atoms with E-state index in [0.717, 1.165) is 19.3 Å². The van der Waals surface area contributed by atoms with Crippen LogP contribution < -0.4 is 87.2 Å². The predicted octanol–water partition coefficient (Wildman–Crippen LogP) is -5.24. The summed E-state index contributed by atoms with van der Waals surface area (Å²) in [7, 11) is 0. The molecule has 29 nitrogen and oxygen atoms in total. The van der Waals surface area contributed by atoms with Crippen LogP contribution in [0.15, 0.2) is 30.3 Å². The molecule has 1 heterocycles. The number of benzene rings is 1. The first-order valence-corrected chi connectivity index (χ1v) is 29.6. The Bertz CT molecular complexity index is 2300. The highest BCUT2D eigenvalue weighted by Crippen LogP contribution is 2.14. The second-order valence-electron chi connectivity index (χ2n) is 21.9. The van der Waals surface area contributed by atoms with Gasteiger partial charge in [0.15, 0.2) is 0 Å². The molecule has 85 heavy (non-hydrogen) atoms. The molecule has 0 saturated carbocycles. The molecule has 0 spiro atoms. The molecule has 11 amide bonds. The summed E-state index contributed by atoms with van der Waals surface area (Å²) in [4.78, 5) is 154. The Kier molecular flexibility index (Phi) is 35.3. The van der Waals surface area contributed by atoms with Crippen LogP contribution in [0, 0.1) is 11.8 Å². The molecule has 23 N–H and O–H groups in total. The Balaban J connectivity index is 2.67. The van der Waals surface area contributed by atoms with Crippen molar-refractivity contribution in [2.45, 2.75) is 191 Å². The van der Waals surface area contributed by atoms with Crippen LogP contribution in [0.1, 0.15) is 124 Å². The Morgan fingerprint density at radius 3 is 1.54 bits per heavy atom. The summed E-state index contributed by atoms with van der Waals surface area (Å²) in [5.41, 5.74) is 30.0. The minimum Gasteiger partial charge on any atom is -0.396 e. The van der Waals surface area contributed by atoms with Crippen LogP contribution in [-0.4, -0.2) is 188 Å². The van der Waals surface area contributed by atoms with Gasteiger partial charge in [0.2, 0.25) is 65.0 Å². The molecule has 0 unspecified atom stereocenters. The first-order valence-electron chi connectivity index (χ1n) is 29.6. The van der Waals surface area contributed by atoms with Gasteiger partial charge in [-0.3, -0.25) is 52.7 Å². The van der Waals surface area contributed by atoms with E-state index in [-0.39, 0.29) is 96.4 Å². The van der Waals surface area contributed by atoms with E-state index in [1.807, 2.05) is 0 Å². The van der Waals surface area contributed by atoms with Gasteiger partial charge in [0, 0.05) is 26.0 Å². The van der Waals surface area contributed by atoms with Gasteiger partial charge in [-0.1, -0.05) is 77.3 Å². The third-order valence-electron chi connectivity index (χ3n) is 14.2. The number of hydrogen-bond acceptors (Lipinski definition) is 18. The van der Waals surface area contributed by atoms with Gasteiger partial charge in [-0.15, -0.1) is 0 Å². The lowest BCUT2D eigenvalue weighted by molar-refractivity contribution is -0.137. The summed E-state index contributed by atoms with van der Waals surface area (Å²) in [6.07, 6.45) is 0.278. The third-order valence-corrected chi connectivity index (χ3v) is 14.2. The highest BCUT2D eigenvalue weighted by molar-refractivity contribution is 5.99. The SMILES string of the molecule is CC[C@H](C)CCCCC(=O)N[C@@H](CCN)C(=O)N[C@H](C(=O)N[C@@H](CCN)C(=O)N[C@H]1CCNC(=O)[C@H](CCO)NC(=O)[C@H](CCN)NC(=O)[C@H](CCN)NC(=O)[C@H](CC(C)C)NC(=O)[C@@H](Cc2ccccc2)NC(=O)[C@H](CCN)NC1=O)[C@@H](C)O. The van der Waals surface area contributed by atoms with E-state index in [1.54, 1.807) is 44.2 Å². The van der Waals surface area contributed by atoms with Gasteiger partial charge in [-0.25, -0.2) is 0 Å². The van der Waals surface area contributed by atoms with Crippen molar-refractivity contribution in [1.82, 2.24) is 58.5 Å². The summed E-state index contributed by atoms with van der Waals surface area (Å²) >= 11 is 0. The number of aliphatic hydroxyl groups is 2. The fourth-order valence-electron chi connectivity index (χ4n) is 9.14. The van der Waals surface area contributed by atoms with E-state index in [2.05, 4.69) is 72.3 Å². The highest BCUT2D eigenvalue weighted by atomic mass is 16.3. The Labute approximate surface area is 498 Å². The van der Waals surface area contributed by atoms with Crippen molar-refractivity contribution in [1.29, 1.82) is 0 Å². The van der Waals surface area contributed by atoms with E-state index in [9.17, 15) is 63.0 Å². The number of aliphatic hydroxyl groups excluding tert-OH is 2. The quantitative estimate of drug-likeness (QED) is 0.0320. The zero-order valence-corrected chi connectivity index (χ0v) is 50.0. The maximum Gasteiger partial charge on any atom is 0.245 e. The van der Waals surface area contributed by atoms with Crippen LogP contribution in [0.5, 0.6) is 0 Å². The van der Waals surface area contributed by atoms with E-state index < -0.39 is 151 Å². The van der Waals surface area contributed by atoms with Crippen molar-refractivity contribution in [3.63, 3.8) is 0 Å². The fraction of sp³-hybridized carbons (Fsp3) is 0.696. The summed E-state index contributed by atoms with van der Waals surface area (Å²) in [5, 5.41) is 49.1. The van der Waals surface area contributed by atoms with Crippen LogP contribution in [0.2, 0.25) is 0 Å². The Hall–Kier alpha value is -6.89. The molecule has 0 aliphatic carbocycles. The van der Waals surface area contributed by atoms with E-state index in [1.165, 1.54) is 6.92 Å². The predicted molar refractivity (Wildman–Crippen MR) is 316 cm³/mol. The van der Waals surface area contributed by atoms with E-state index in [0.29, 0.717) is 17.9 Å². The maximum absolute atomic E-state index is 14.5. The summed E-state index contributed by atoms with van der Waals surface area (Å²) < 4.78 is 0. The molecule has 1 aliphatic heterocycles. The zero-order chi connectivity index (χ0) is 63.6. The third kappa shape index (κ3) is 27.4. The van der Waals surface area contributed by atoms with Crippen molar-refractivity contribution in [2.75, 3.05) is 45.9 Å². The molecule has 1 aromatic rings. The number of amides is 11. The molecule has 1 aliphatic rings. The number of nitrogens with one attached hydrogen (secondary N) is 11. The lowest BCUT2D eigenvalue weighted by Crippen LogP contribution is -2.62. The molecule has 0 bridgehead atoms.